The van der Waals surface area contributed by atoms with E-state index in [1.165, 1.54) is 64.2 Å². The van der Waals surface area contributed by atoms with Crippen LogP contribution in [0, 0.1) is 11.3 Å². The molecule has 0 amide bonds. The van der Waals surface area contributed by atoms with Crippen molar-refractivity contribution in [1.29, 1.82) is 5.26 Å². The predicted molar refractivity (Wildman–Crippen MR) is 110 cm³/mol. The summed E-state index contributed by atoms with van der Waals surface area (Å²) in [5.74, 6) is -0.294. The maximum absolute atomic E-state index is 11.6. The van der Waals surface area contributed by atoms with Gasteiger partial charge in [-0.3, -0.25) is 4.79 Å². The van der Waals surface area contributed by atoms with Gasteiger partial charge in [-0.15, -0.1) is 0 Å². The minimum absolute atomic E-state index is 0.294. The maximum atomic E-state index is 11.6. The van der Waals surface area contributed by atoms with Crippen molar-refractivity contribution in [2.75, 3.05) is 0 Å². The van der Waals surface area contributed by atoms with Crippen molar-refractivity contribution in [1.82, 2.24) is 0 Å². The van der Waals surface area contributed by atoms with Gasteiger partial charge in [-0.2, -0.15) is 5.26 Å². The Hall–Kier alpha value is -1.56. The van der Waals surface area contributed by atoms with Gasteiger partial charge in [0, 0.05) is 6.42 Å². The largest absolute Gasteiger partial charge is 0.442 e. The first kappa shape index (κ1) is 24.4. The lowest BCUT2D eigenvalue weighted by molar-refractivity contribution is -0.145. The topological polar surface area (TPSA) is 50.1 Å². The van der Waals surface area contributed by atoms with Crippen molar-refractivity contribution in [3.05, 3.63) is 24.3 Å². The van der Waals surface area contributed by atoms with E-state index >= 15 is 0 Å². The standard InChI is InChI=1S/C23H39NO2/c1-4-5-6-7-8-9-10-11-12-13-14-15-16-17-18-19-23(25)26-22(20-24)21(2)3/h11-12,22H,2,4-10,13-19H2,1,3H3/b12-11-. The van der Waals surface area contributed by atoms with Gasteiger partial charge in [0.15, 0.2) is 0 Å². The summed E-state index contributed by atoms with van der Waals surface area (Å²) in [6.45, 7) is 7.60. The summed E-state index contributed by atoms with van der Waals surface area (Å²) < 4.78 is 5.07. The lowest BCUT2D eigenvalue weighted by Gasteiger charge is -2.10. The molecule has 0 aliphatic rings. The molecule has 0 rings (SSSR count). The molecule has 0 heterocycles. The first-order chi connectivity index (χ1) is 12.6. The first-order valence-electron chi connectivity index (χ1n) is 10.5. The van der Waals surface area contributed by atoms with E-state index in [9.17, 15) is 4.79 Å². The van der Waals surface area contributed by atoms with Crippen molar-refractivity contribution < 1.29 is 9.53 Å². The second-order valence-electron chi connectivity index (χ2n) is 7.18. The monoisotopic (exact) mass is 361 g/mol. The average molecular weight is 362 g/mol. The smallest absolute Gasteiger partial charge is 0.307 e. The molecule has 0 aliphatic heterocycles. The fourth-order valence-corrected chi connectivity index (χ4v) is 2.77. The van der Waals surface area contributed by atoms with Crippen LogP contribution < -0.4 is 0 Å². The number of allylic oxidation sites excluding steroid dienone is 2. The number of hydrogen-bond donors (Lipinski definition) is 0. The summed E-state index contributed by atoms with van der Waals surface area (Å²) in [5, 5.41) is 8.86. The molecule has 0 aromatic carbocycles. The van der Waals surface area contributed by atoms with Crippen LogP contribution in [0.25, 0.3) is 0 Å². The molecule has 3 heteroatoms. The van der Waals surface area contributed by atoms with Gasteiger partial charge in [0.2, 0.25) is 6.10 Å². The van der Waals surface area contributed by atoms with E-state index in [1.54, 1.807) is 6.92 Å². The molecular weight excluding hydrogens is 322 g/mol. The Kier molecular flexibility index (Phi) is 17.1. The van der Waals surface area contributed by atoms with Gasteiger partial charge in [0.1, 0.15) is 6.07 Å². The highest BCUT2D eigenvalue weighted by atomic mass is 16.5. The molecule has 1 unspecified atom stereocenters. The number of nitrogens with zero attached hydrogens (tertiary/aromatic N) is 1. The molecule has 0 aliphatic carbocycles. The normalized spacial score (nSPS) is 12.0. The molecule has 0 fully saturated rings. The predicted octanol–water partition coefficient (Wildman–Crippen LogP) is 7.04. The number of unbranched alkanes of at least 4 members (excludes halogenated alkanes) is 11. The zero-order chi connectivity index (χ0) is 19.5. The van der Waals surface area contributed by atoms with E-state index in [2.05, 4.69) is 25.7 Å². The molecular formula is C23H39NO2. The molecule has 0 saturated heterocycles. The Bertz CT molecular complexity index is 434. The Morgan fingerprint density at radius 1 is 0.962 bits per heavy atom. The lowest BCUT2D eigenvalue weighted by Crippen LogP contribution is -2.16. The molecule has 26 heavy (non-hydrogen) atoms. The first-order valence-corrected chi connectivity index (χ1v) is 10.5. The number of carbonyl (C=O) groups excluding carboxylic acids is 1. The molecule has 0 bridgehead atoms. The Balaban J connectivity index is 3.38. The van der Waals surface area contributed by atoms with Crippen LogP contribution in [0.1, 0.15) is 104 Å². The number of nitriles is 1. The zero-order valence-corrected chi connectivity index (χ0v) is 17.1. The number of carbonyl (C=O) groups is 1. The summed E-state index contributed by atoms with van der Waals surface area (Å²) in [4.78, 5) is 11.6. The van der Waals surface area contributed by atoms with Crippen LogP contribution >= 0.6 is 0 Å². The third-order valence-electron chi connectivity index (χ3n) is 4.46. The Labute approximate surface area is 161 Å². The third kappa shape index (κ3) is 15.9. The van der Waals surface area contributed by atoms with E-state index in [-0.39, 0.29) is 5.97 Å². The van der Waals surface area contributed by atoms with Crippen molar-refractivity contribution in [3.8, 4) is 6.07 Å². The third-order valence-corrected chi connectivity index (χ3v) is 4.46. The van der Waals surface area contributed by atoms with Crippen molar-refractivity contribution >= 4 is 5.97 Å². The quantitative estimate of drug-likeness (QED) is 0.159. The van der Waals surface area contributed by atoms with Gasteiger partial charge in [-0.05, 0) is 44.6 Å². The van der Waals surface area contributed by atoms with Crippen LogP contribution in [0.5, 0.6) is 0 Å². The van der Waals surface area contributed by atoms with Gasteiger partial charge in [-0.25, -0.2) is 0 Å². The van der Waals surface area contributed by atoms with E-state index in [1.807, 2.05) is 6.07 Å². The second kappa shape index (κ2) is 18.2. The highest BCUT2D eigenvalue weighted by Crippen LogP contribution is 2.11. The van der Waals surface area contributed by atoms with Gasteiger partial charge >= 0.3 is 5.97 Å². The van der Waals surface area contributed by atoms with E-state index in [0.29, 0.717) is 12.0 Å². The summed E-state index contributed by atoms with van der Waals surface area (Å²) in [6, 6.07) is 1.94. The fourth-order valence-electron chi connectivity index (χ4n) is 2.77. The molecule has 0 aromatic heterocycles. The summed E-state index contributed by atoms with van der Waals surface area (Å²) >= 11 is 0. The summed E-state index contributed by atoms with van der Waals surface area (Å²) in [7, 11) is 0. The van der Waals surface area contributed by atoms with Gasteiger partial charge in [-0.1, -0.05) is 77.0 Å². The van der Waals surface area contributed by atoms with E-state index in [0.717, 1.165) is 19.3 Å². The van der Waals surface area contributed by atoms with E-state index in [4.69, 9.17) is 10.00 Å². The molecule has 3 nitrogen and oxygen atoms in total. The van der Waals surface area contributed by atoms with E-state index < -0.39 is 6.10 Å². The number of ether oxygens (including phenoxy) is 1. The van der Waals surface area contributed by atoms with Crippen LogP contribution in [0.4, 0.5) is 0 Å². The minimum Gasteiger partial charge on any atom is -0.442 e. The molecule has 0 spiro atoms. The van der Waals surface area contributed by atoms with Crippen molar-refractivity contribution in [2.24, 2.45) is 0 Å². The van der Waals surface area contributed by atoms with Crippen LogP contribution in [0.2, 0.25) is 0 Å². The van der Waals surface area contributed by atoms with Crippen LogP contribution in [0.3, 0.4) is 0 Å². The van der Waals surface area contributed by atoms with Crippen molar-refractivity contribution in [2.45, 2.75) is 110 Å². The number of rotatable bonds is 17. The molecule has 1 atom stereocenters. The molecule has 0 aromatic rings. The lowest BCUT2D eigenvalue weighted by atomic mass is 10.1. The van der Waals surface area contributed by atoms with Crippen LogP contribution in [-0.4, -0.2) is 12.1 Å². The van der Waals surface area contributed by atoms with Crippen LogP contribution in [0.15, 0.2) is 24.3 Å². The minimum atomic E-state index is -0.800. The molecule has 0 N–H and O–H groups in total. The van der Waals surface area contributed by atoms with Gasteiger partial charge in [0.25, 0.3) is 0 Å². The summed E-state index contributed by atoms with van der Waals surface area (Å²) in [5.41, 5.74) is 0.574. The summed E-state index contributed by atoms with van der Waals surface area (Å²) in [6.07, 6.45) is 20.3. The average Bonchev–Trinajstić information content (AvgIpc) is 2.62. The zero-order valence-electron chi connectivity index (χ0n) is 17.1. The van der Waals surface area contributed by atoms with Crippen LogP contribution in [-0.2, 0) is 9.53 Å². The van der Waals surface area contributed by atoms with Gasteiger partial charge in [0.05, 0.1) is 0 Å². The maximum Gasteiger partial charge on any atom is 0.307 e. The highest BCUT2D eigenvalue weighted by Gasteiger charge is 2.13. The molecule has 0 radical (unpaired) electrons. The molecule has 0 saturated carbocycles. The Morgan fingerprint density at radius 3 is 1.96 bits per heavy atom. The Morgan fingerprint density at radius 2 is 1.46 bits per heavy atom. The second-order valence-corrected chi connectivity index (χ2v) is 7.18. The SMILES string of the molecule is C=C(C)C(C#N)OC(=O)CCCCCCC/C=C\CCCCCCCC. The number of esters is 1. The van der Waals surface area contributed by atoms with Gasteiger partial charge < -0.3 is 4.74 Å². The van der Waals surface area contributed by atoms with Crippen molar-refractivity contribution in [3.63, 3.8) is 0 Å². The highest BCUT2D eigenvalue weighted by molar-refractivity contribution is 5.70. The fraction of sp³-hybridized carbons (Fsp3) is 0.739. The molecule has 148 valence electrons. The number of hydrogen-bond acceptors (Lipinski definition) is 3.